The van der Waals surface area contributed by atoms with Crippen LogP contribution in [0.4, 0.5) is 0 Å². The predicted molar refractivity (Wildman–Crippen MR) is 169 cm³/mol. The van der Waals surface area contributed by atoms with Crippen LogP contribution in [0.3, 0.4) is 0 Å². The maximum atomic E-state index is 2.34. The van der Waals surface area contributed by atoms with Gasteiger partial charge >= 0.3 is 0 Å². The molecular weight excluding hydrogens is 572 g/mol. The standard InChI is InChI=1S/C32H68N.2BrH.H3N/c1-5-9-13-17-21-25-29-33(30-26-22-18-14-10-6-2,31-27-23-19-15-11-7-3)32-28-24-20-16-12-8-4;;;/h5-32H2,1-4H3;2*1H;1H3/q+1;;;/p-1. The van der Waals surface area contributed by atoms with Crippen molar-refractivity contribution in [3.05, 3.63) is 0 Å². The molecule has 36 heavy (non-hydrogen) atoms. The summed E-state index contributed by atoms with van der Waals surface area (Å²) >= 11 is 0. The van der Waals surface area contributed by atoms with E-state index in [9.17, 15) is 0 Å². The quantitative estimate of drug-likeness (QED) is 0.0670. The van der Waals surface area contributed by atoms with Gasteiger partial charge in [-0.3, -0.25) is 0 Å². The topological polar surface area (TPSA) is 35.0 Å². The first-order valence-electron chi connectivity index (χ1n) is 16.1. The number of rotatable bonds is 28. The highest BCUT2D eigenvalue weighted by molar-refractivity contribution is 8.93. The molecule has 0 aromatic heterocycles. The third kappa shape index (κ3) is 29.4. The summed E-state index contributed by atoms with van der Waals surface area (Å²) < 4.78 is 1.48. The van der Waals surface area contributed by atoms with Gasteiger partial charge in [0.1, 0.15) is 0 Å². The van der Waals surface area contributed by atoms with Crippen LogP contribution in [0.5, 0.6) is 0 Å². The Bertz CT molecular complexity index is 297. The van der Waals surface area contributed by atoms with Gasteiger partial charge in [-0.05, 0) is 51.4 Å². The molecule has 0 atom stereocenters. The van der Waals surface area contributed by atoms with Crippen LogP contribution in [-0.4, -0.2) is 30.7 Å². The lowest BCUT2D eigenvalue weighted by Crippen LogP contribution is -3.00. The lowest BCUT2D eigenvalue weighted by Gasteiger charge is -2.40. The van der Waals surface area contributed by atoms with Gasteiger partial charge in [0.15, 0.2) is 0 Å². The fourth-order valence-electron chi connectivity index (χ4n) is 5.58. The zero-order chi connectivity index (χ0) is 24.3. The van der Waals surface area contributed by atoms with Crippen LogP contribution in [0.15, 0.2) is 0 Å². The molecule has 0 radical (unpaired) electrons. The normalized spacial score (nSPS) is 11.0. The molecule has 4 heteroatoms. The molecule has 224 valence electrons. The van der Waals surface area contributed by atoms with Crippen LogP contribution in [0.25, 0.3) is 0 Å². The number of halogens is 2. The Morgan fingerprint density at radius 3 is 0.667 bits per heavy atom. The minimum atomic E-state index is 0. The van der Waals surface area contributed by atoms with E-state index >= 15 is 0 Å². The van der Waals surface area contributed by atoms with Gasteiger partial charge in [0.05, 0.1) is 26.2 Å². The van der Waals surface area contributed by atoms with Crippen molar-refractivity contribution in [3.8, 4) is 0 Å². The maximum Gasteiger partial charge on any atom is 0.0786 e. The molecule has 0 bridgehead atoms. The number of unbranched alkanes of at least 4 members (excludes halogenated alkanes) is 20. The van der Waals surface area contributed by atoms with E-state index in [0.717, 1.165) is 0 Å². The van der Waals surface area contributed by atoms with Gasteiger partial charge in [-0.2, -0.15) is 0 Å². The van der Waals surface area contributed by atoms with Gasteiger partial charge in [-0.1, -0.05) is 130 Å². The van der Waals surface area contributed by atoms with Crippen LogP contribution in [-0.2, 0) is 0 Å². The number of nitrogens with zero attached hydrogens (tertiary/aromatic N) is 1. The molecule has 0 aromatic carbocycles. The van der Waals surface area contributed by atoms with Crippen LogP contribution in [0.2, 0.25) is 0 Å². The van der Waals surface area contributed by atoms with E-state index in [1.165, 1.54) is 185 Å². The van der Waals surface area contributed by atoms with E-state index in [4.69, 9.17) is 0 Å². The highest BCUT2D eigenvalue weighted by Crippen LogP contribution is 2.20. The second-order valence-corrected chi connectivity index (χ2v) is 11.3. The van der Waals surface area contributed by atoms with E-state index in [1.54, 1.807) is 0 Å². The lowest BCUT2D eigenvalue weighted by molar-refractivity contribution is -0.929. The maximum absolute atomic E-state index is 2.34. The van der Waals surface area contributed by atoms with Crippen molar-refractivity contribution >= 4 is 17.0 Å². The molecule has 0 heterocycles. The number of hydrogen-bond acceptors (Lipinski definition) is 1. The summed E-state index contributed by atoms with van der Waals surface area (Å²) in [6.07, 6.45) is 34.8. The monoisotopic (exact) mass is 642 g/mol. The van der Waals surface area contributed by atoms with E-state index in [-0.39, 0.29) is 40.1 Å². The second kappa shape index (κ2) is 35.9. The molecule has 0 fully saturated rings. The fourth-order valence-corrected chi connectivity index (χ4v) is 5.58. The summed E-state index contributed by atoms with van der Waals surface area (Å²) in [6, 6.07) is 0. The van der Waals surface area contributed by atoms with E-state index in [1.807, 2.05) is 0 Å². The zero-order valence-corrected chi connectivity index (χ0v) is 29.0. The lowest BCUT2D eigenvalue weighted by atomic mass is 10.0. The van der Waals surface area contributed by atoms with Crippen LogP contribution < -0.4 is 23.1 Å². The summed E-state index contributed by atoms with van der Waals surface area (Å²) in [5, 5.41) is 0. The van der Waals surface area contributed by atoms with Crippen molar-refractivity contribution in [1.82, 2.24) is 6.15 Å². The van der Waals surface area contributed by atoms with Crippen molar-refractivity contribution < 1.29 is 21.5 Å². The third-order valence-corrected chi connectivity index (χ3v) is 7.94. The molecule has 3 N–H and O–H groups in total. The van der Waals surface area contributed by atoms with Crippen molar-refractivity contribution in [2.45, 2.75) is 182 Å². The zero-order valence-electron chi connectivity index (χ0n) is 25.7. The third-order valence-electron chi connectivity index (χ3n) is 7.94. The van der Waals surface area contributed by atoms with Crippen molar-refractivity contribution in [3.63, 3.8) is 0 Å². The molecule has 0 unspecified atom stereocenters. The average Bonchev–Trinajstić information content (AvgIpc) is 2.83. The van der Waals surface area contributed by atoms with E-state index < -0.39 is 0 Å². The van der Waals surface area contributed by atoms with Gasteiger partial charge in [0.25, 0.3) is 0 Å². The Hall–Kier alpha value is 0.880. The van der Waals surface area contributed by atoms with Crippen molar-refractivity contribution in [2.24, 2.45) is 0 Å². The summed E-state index contributed by atoms with van der Waals surface area (Å²) in [6.45, 7) is 15.3. The van der Waals surface area contributed by atoms with Gasteiger partial charge < -0.3 is 27.6 Å². The largest absolute Gasteiger partial charge is 1.00 e. The molecular formula is C32H72Br2N2. The molecule has 0 saturated heterocycles. The molecule has 0 aliphatic carbocycles. The van der Waals surface area contributed by atoms with Crippen LogP contribution in [0.1, 0.15) is 182 Å². The molecule has 0 aliphatic heterocycles. The predicted octanol–water partition coefficient (Wildman–Crippen LogP) is 8.99. The molecule has 0 saturated carbocycles. The van der Waals surface area contributed by atoms with Gasteiger partial charge in [-0.25, -0.2) is 0 Å². The summed E-state index contributed by atoms with van der Waals surface area (Å²) in [5.74, 6) is 0. The smallest absolute Gasteiger partial charge is 0.0786 e. The second-order valence-electron chi connectivity index (χ2n) is 11.3. The molecule has 0 spiro atoms. The Balaban J connectivity index is -0.00000171. The SMILES string of the molecule is Br.CCCCCCCC[N+](CCCCCCCC)(CCCCCCCC)CCCCCCCC.N.[Br-]. The molecule has 0 amide bonds. The Labute approximate surface area is 251 Å². The minimum Gasteiger partial charge on any atom is -1.00 e. The van der Waals surface area contributed by atoms with Crippen LogP contribution in [0, 0.1) is 0 Å². The summed E-state index contributed by atoms with van der Waals surface area (Å²) in [4.78, 5) is 0. The fraction of sp³-hybridized carbons (Fsp3) is 1.00. The number of hydrogen-bond donors (Lipinski definition) is 1. The molecule has 2 nitrogen and oxygen atoms in total. The van der Waals surface area contributed by atoms with E-state index in [0.29, 0.717) is 0 Å². The number of quaternary nitrogens is 1. The van der Waals surface area contributed by atoms with E-state index in [2.05, 4.69) is 27.7 Å². The van der Waals surface area contributed by atoms with Crippen molar-refractivity contribution in [2.75, 3.05) is 26.2 Å². The average molecular weight is 645 g/mol. The Morgan fingerprint density at radius 1 is 0.306 bits per heavy atom. The first kappa shape index (κ1) is 43.9. The molecule has 0 aliphatic rings. The highest BCUT2D eigenvalue weighted by Gasteiger charge is 2.25. The van der Waals surface area contributed by atoms with Crippen molar-refractivity contribution in [1.29, 1.82) is 0 Å². The van der Waals surface area contributed by atoms with Gasteiger partial charge in [0.2, 0.25) is 0 Å². The first-order chi connectivity index (χ1) is 16.2. The first-order valence-corrected chi connectivity index (χ1v) is 16.1. The minimum absolute atomic E-state index is 0. The molecule has 0 rings (SSSR count). The molecule has 0 aromatic rings. The Kier molecular flexibility index (Phi) is 43.8. The van der Waals surface area contributed by atoms with Gasteiger partial charge in [0, 0.05) is 0 Å². The van der Waals surface area contributed by atoms with Crippen LogP contribution >= 0.6 is 17.0 Å². The summed E-state index contributed by atoms with van der Waals surface area (Å²) in [7, 11) is 0. The van der Waals surface area contributed by atoms with Gasteiger partial charge in [-0.15, -0.1) is 17.0 Å². The highest BCUT2D eigenvalue weighted by atomic mass is 79.9. The Morgan fingerprint density at radius 2 is 0.472 bits per heavy atom. The summed E-state index contributed by atoms with van der Waals surface area (Å²) in [5.41, 5.74) is 0.